The van der Waals surface area contributed by atoms with Gasteiger partial charge in [-0.2, -0.15) is 4.68 Å². The first-order valence-corrected chi connectivity index (χ1v) is 7.27. The fraction of sp³-hybridized carbons (Fsp3) is 0.417. The molecule has 9 heteroatoms. The Morgan fingerprint density at radius 1 is 1.52 bits per heavy atom. The van der Waals surface area contributed by atoms with Gasteiger partial charge in [-0.15, -0.1) is 16.4 Å². The van der Waals surface area contributed by atoms with E-state index in [1.54, 1.807) is 18.4 Å². The summed E-state index contributed by atoms with van der Waals surface area (Å²) < 4.78 is 1.37. The zero-order valence-electron chi connectivity index (χ0n) is 11.6. The standard InChI is InChI=1S/C12H15N5O3S/c1-3-7(2)9(12(19)20)14-11(18)10-8(4-5-21-10)17-6-13-15-16-17/h4-7,9H,3H2,1-2H3,(H,14,18)(H,19,20)/t7?,9-/m0/s1. The van der Waals surface area contributed by atoms with Crippen molar-refractivity contribution in [3.63, 3.8) is 0 Å². The molecule has 21 heavy (non-hydrogen) atoms. The highest BCUT2D eigenvalue weighted by Crippen LogP contribution is 2.20. The molecule has 0 spiro atoms. The van der Waals surface area contributed by atoms with E-state index in [0.717, 1.165) is 0 Å². The van der Waals surface area contributed by atoms with Gasteiger partial charge in [0.25, 0.3) is 5.91 Å². The van der Waals surface area contributed by atoms with Crippen molar-refractivity contribution in [2.75, 3.05) is 0 Å². The number of carbonyl (C=O) groups is 2. The summed E-state index contributed by atoms with van der Waals surface area (Å²) in [5.74, 6) is -1.65. The number of nitrogens with zero attached hydrogens (tertiary/aromatic N) is 4. The van der Waals surface area contributed by atoms with E-state index < -0.39 is 17.9 Å². The zero-order chi connectivity index (χ0) is 15.4. The van der Waals surface area contributed by atoms with E-state index in [-0.39, 0.29) is 5.92 Å². The zero-order valence-corrected chi connectivity index (χ0v) is 12.4. The van der Waals surface area contributed by atoms with Crippen molar-refractivity contribution in [3.8, 4) is 5.69 Å². The SMILES string of the molecule is CCC(C)[C@H](NC(=O)c1sccc1-n1cnnn1)C(=O)O. The molecule has 0 aliphatic heterocycles. The second kappa shape index (κ2) is 6.44. The van der Waals surface area contributed by atoms with Crippen molar-refractivity contribution in [2.24, 2.45) is 5.92 Å². The number of carboxylic acids is 1. The molecule has 0 radical (unpaired) electrons. The van der Waals surface area contributed by atoms with Gasteiger partial charge >= 0.3 is 5.97 Å². The Balaban J connectivity index is 2.21. The van der Waals surface area contributed by atoms with Crippen molar-refractivity contribution in [1.82, 2.24) is 25.5 Å². The number of amides is 1. The van der Waals surface area contributed by atoms with Crippen LogP contribution in [0.3, 0.4) is 0 Å². The summed E-state index contributed by atoms with van der Waals surface area (Å²) in [5, 5.41) is 24.3. The summed E-state index contributed by atoms with van der Waals surface area (Å²) >= 11 is 1.21. The lowest BCUT2D eigenvalue weighted by atomic mass is 9.99. The highest BCUT2D eigenvalue weighted by atomic mass is 32.1. The van der Waals surface area contributed by atoms with Crippen molar-refractivity contribution in [2.45, 2.75) is 26.3 Å². The smallest absolute Gasteiger partial charge is 0.326 e. The molecule has 2 heterocycles. The minimum absolute atomic E-state index is 0.164. The first-order valence-electron chi connectivity index (χ1n) is 6.39. The van der Waals surface area contributed by atoms with Crippen molar-refractivity contribution >= 4 is 23.2 Å². The molecule has 112 valence electrons. The van der Waals surface area contributed by atoms with Crippen LogP contribution < -0.4 is 5.32 Å². The average Bonchev–Trinajstić information content (AvgIpc) is 3.12. The van der Waals surface area contributed by atoms with E-state index in [1.807, 2.05) is 6.92 Å². The van der Waals surface area contributed by atoms with Gasteiger partial charge in [0.1, 0.15) is 17.2 Å². The summed E-state index contributed by atoms with van der Waals surface area (Å²) in [6.45, 7) is 3.67. The molecule has 2 N–H and O–H groups in total. The van der Waals surface area contributed by atoms with E-state index >= 15 is 0 Å². The maximum Gasteiger partial charge on any atom is 0.326 e. The molecule has 0 bridgehead atoms. The molecule has 0 fully saturated rings. The lowest BCUT2D eigenvalue weighted by molar-refractivity contribution is -0.140. The third kappa shape index (κ3) is 3.24. The summed E-state index contributed by atoms with van der Waals surface area (Å²) in [7, 11) is 0. The minimum atomic E-state index is -1.04. The predicted octanol–water partition coefficient (Wildman–Crippen LogP) is 0.953. The monoisotopic (exact) mass is 309 g/mol. The Morgan fingerprint density at radius 3 is 2.86 bits per heavy atom. The van der Waals surface area contributed by atoms with Gasteiger partial charge in [-0.1, -0.05) is 20.3 Å². The van der Waals surface area contributed by atoms with Crippen LogP contribution >= 0.6 is 11.3 Å². The van der Waals surface area contributed by atoms with E-state index in [9.17, 15) is 14.7 Å². The number of tetrazole rings is 1. The van der Waals surface area contributed by atoms with Crippen molar-refractivity contribution in [1.29, 1.82) is 0 Å². The molecule has 2 aromatic heterocycles. The van der Waals surface area contributed by atoms with E-state index in [2.05, 4.69) is 20.8 Å². The quantitative estimate of drug-likeness (QED) is 0.822. The molecule has 2 atom stereocenters. The highest BCUT2D eigenvalue weighted by Gasteiger charge is 2.27. The molecule has 0 saturated carbocycles. The Kier molecular flexibility index (Phi) is 4.63. The van der Waals surface area contributed by atoms with Gasteiger partial charge in [0.2, 0.25) is 0 Å². The first-order chi connectivity index (χ1) is 10.0. The van der Waals surface area contributed by atoms with Gasteiger partial charge in [0.15, 0.2) is 0 Å². The van der Waals surface area contributed by atoms with Crippen LogP contribution in [0.2, 0.25) is 0 Å². The fourth-order valence-corrected chi connectivity index (χ4v) is 2.60. The Bertz CT molecular complexity index is 625. The molecule has 0 aromatic carbocycles. The van der Waals surface area contributed by atoms with Gasteiger partial charge in [0.05, 0.1) is 5.69 Å². The molecule has 1 amide bonds. The van der Waals surface area contributed by atoms with Crippen LogP contribution in [0.25, 0.3) is 5.69 Å². The van der Waals surface area contributed by atoms with Crippen LogP contribution in [-0.2, 0) is 4.79 Å². The van der Waals surface area contributed by atoms with Crippen LogP contribution in [0, 0.1) is 5.92 Å². The third-order valence-electron chi connectivity index (χ3n) is 3.21. The number of carboxylic acid groups (broad SMARTS) is 1. The molecule has 2 aromatic rings. The topological polar surface area (TPSA) is 110 Å². The maximum absolute atomic E-state index is 12.3. The lowest BCUT2D eigenvalue weighted by Gasteiger charge is -2.19. The molecule has 0 aliphatic rings. The molecular weight excluding hydrogens is 294 g/mol. The number of nitrogens with one attached hydrogen (secondary N) is 1. The predicted molar refractivity (Wildman–Crippen MR) is 75.4 cm³/mol. The minimum Gasteiger partial charge on any atom is -0.480 e. The van der Waals surface area contributed by atoms with Crippen LogP contribution in [0.4, 0.5) is 0 Å². The summed E-state index contributed by atoms with van der Waals surface area (Å²) in [6.07, 6.45) is 2.03. The van der Waals surface area contributed by atoms with Gasteiger partial charge in [-0.25, -0.2) is 4.79 Å². The van der Waals surface area contributed by atoms with Crippen LogP contribution in [0.15, 0.2) is 17.8 Å². The summed E-state index contributed by atoms with van der Waals surface area (Å²) in [5.41, 5.74) is 0.524. The maximum atomic E-state index is 12.3. The Labute approximate surface area is 124 Å². The number of carbonyl (C=O) groups excluding carboxylic acids is 1. The number of hydrogen-bond donors (Lipinski definition) is 2. The van der Waals surface area contributed by atoms with Gasteiger partial charge < -0.3 is 10.4 Å². The fourth-order valence-electron chi connectivity index (χ4n) is 1.81. The number of aromatic nitrogens is 4. The highest BCUT2D eigenvalue weighted by molar-refractivity contribution is 7.12. The molecular formula is C12H15N5O3S. The molecule has 0 saturated heterocycles. The third-order valence-corrected chi connectivity index (χ3v) is 4.11. The first kappa shape index (κ1) is 15.1. The Morgan fingerprint density at radius 2 is 2.29 bits per heavy atom. The molecule has 8 nitrogen and oxygen atoms in total. The van der Waals surface area contributed by atoms with Crippen LogP contribution in [-0.4, -0.2) is 43.2 Å². The number of rotatable bonds is 6. The Hall–Kier alpha value is -2.29. The average molecular weight is 309 g/mol. The van der Waals surface area contributed by atoms with Crippen molar-refractivity contribution in [3.05, 3.63) is 22.7 Å². The second-order valence-corrected chi connectivity index (χ2v) is 5.48. The van der Waals surface area contributed by atoms with E-state index in [1.165, 1.54) is 22.3 Å². The largest absolute Gasteiger partial charge is 0.480 e. The van der Waals surface area contributed by atoms with Gasteiger partial charge in [-0.05, 0) is 27.8 Å². The van der Waals surface area contributed by atoms with Gasteiger partial charge in [-0.3, -0.25) is 4.79 Å². The second-order valence-electron chi connectivity index (χ2n) is 4.56. The molecule has 2 rings (SSSR count). The number of aliphatic carboxylic acids is 1. The number of thiophene rings is 1. The summed E-state index contributed by atoms with van der Waals surface area (Å²) in [4.78, 5) is 24.0. The normalized spacial score (nSPS) is 13.6. The number of hydrogen-bond acceptors (Lipinski definition) is 6. The molecule has 0 aliphatic carbocycles. The van der Waals surface area contributed by atoms with Crippen LogP contribution in [0.1, 0.15) is 29.9 Å². The van der Waals surface area contributed by atoms with Gasteiger partial charge in [0, 0.05) is 0 Å². The molecule has 1 unspecified atom stereocenters. The van der Waals surface area contributed by atoms with Crippen LogP contribution in [0.5, 0.6) is 0 Å². The van der Waals surface area contributed by atoms with E-state index in [4.69, 9.17) is 0 Å². The summed E-state index contributed by atoms with van der Waals surface area (Å²) in [6, 6.07) is 0.779. The van der Waals surface area contributed by atoms with E-state index in [0.29, 0.717) is 17.0 Å². The lowest BCUT2D eigenvalue weighted by Crippen LogP contribution is -2.45. The van der Waals surface area contributed by atoms with Crippen molar-refractivity contribution < 1.29 is 14.7 Å².